The summed E-state index contributed by atoms with van der Waals surface area (Å²) in [6, 6.07) is 6.84. The van der Waals surface area contributed by atoms with Crippen LogP contribution >= 0.6 is 11.8 Å². The minimum atomic E-state index is -0.744. The van der Waals surface area contributed by atoms with Crippen molar-refractivity contribution in [3.8, 4) is 0 Å². The zero-order valence-electron chi connectivity index (χ0n) is 11.2. The second-order valence-corrected chi connectivity index (χ2v) is 6.15. The average Bonchev–Trinajstić information content (AvgIpc) is 2.76. The molecular formula is C15H12F2N2OS. The summed E-state index contributed by atoms with van der Waals surface area (Å²) in [5.41, 5.74) is 0.899. The Morgan fingerprint density at radius 1 is 1.29 bits per heavy atom. The lowest BCUT2D eigenvalue weighted by molar-refractivity contribution is -0.117. The second-order valence-electron chi connectivity index (χ2n) is 4.72. The number of rotatable bonds is 2. The topological polar surface area (TPSA) is 33.2 Å². The molecule has 1 aliphatic rings. The molecule has 3 nitrogen and oxygen atoms in total. The Hall–Kier alpha value is -1.95. The molecule has 1 amide bonds. The number of thioether (sulfide) groups is 1. The van der Waals surface area contributed by atoms with Gasteiger partial charge in [-0.25, -0.2) is 8.78 Å². The third-order valence-electron chi connectivity index (χ3n) is 3.29. The van der Waals surface area contributed by atoms with E-state index in [-0.39, 0.29) is 22.2 Å². The van der Waals surface area contributed by atoms with Gasteiger partial charge in [-0.05, 0) is 25.1 Å². The van der Waals surface area contributed by atoms with Crippen molar-refractivity contribution >= 4 is 23.4 Å². The van der Waals surface area contributed by atoms with Gasteiger partial charge < -0.3 is 0 Å². The van der Waals surface area contributed by atoms with E-state index in [0.717, 1.165) is 17.7 Å². The molecule has 1 saturated heterocycles. The van der Waals surface area contributed by atoms with Crippen molar-refractivity contribution < 1.29 is 13.6 Å². The summed E-state index contributed by atoms with van der Waals surface area (Å²) in [6.07, 6.45) is 3.29. The summed E-state index contributed by atoms with van der Waals surface area (Å²) in [5, 5.41) is -0.652. The first-order chi connectivity index (χ1) is 10.1. The average molecular weight is 306 g/mol. The molecule has 2 aromatic rings. The van der Waals surface area contributed by atoms with E-state index in [2.05, 4.69) is 4.98 Å². The molecule has 1 aliphatic heterocycles. The van der Waals surface area contributed by atoms with Gasteiger partial charge >= 0.3 is 0 Å². The highest BCUT2D eigenvalue weighted by atomic mass is 32.2. The van der Waals surface area contributed by atoms with E-state index >= 15 is 0 Å². The van der Waals surface area contributed by atoms with Gasteiger partial charge in [0, 0.05) is 24.0 Å². The first kappa shape index (κ1) is 14.0. The number of benzene rings is 1. The molecule has 21 heavy (non-hydrogen) atoms. The number of carbonyl (C=O) groups is 1. The van der Waals surface area contributed by atoms with Crippen molar-refractivity contribution in [2.24, 2.45) is 0 Å². The normalized spacial score (nSPS) is 21.9. The van der Waals surface area contributed by atoms with Crippen molar-refractivity contribution in [3.63, 3.8) is 0 Å². The third-order valence-corrected chi connectivity index (χ3v) is 4.64. The molecule has 0 unspecified atom stereocenters. The van der Waals surface area contributed by atoms with Crippen LogP contribution in [0.25, 0.3) is 0 Å². The van der Waals surface area contributed by atoms with E-state index in [1.54, 1.807) is 25.4 Å². The summed E-state index contributed by atoms with van der Waals surface area (Å²) in [7, 11) is 0. The molecule has 2 atom stereocenters. The van der Waals surface area contributed by atoms with Gasteiger partial charge in [0.15, 0.2) is 0 Å². The van der Waals surface area contributed by atoms with Crippen LogP contribution in [-0.2, 0) is 4.79 Å². The Morgan fingerprint density at radius 3 is 2.76 bits per heavy atom. The van der Waals surface area contributed by atoms with E-state index in [0.29, 0.717) is 0 Å². The summed E-state index contributed by atoms with van der Waals surface area (Å²) < 4.78 is 27.1. The van der Waals surface area contributed by atoms with Crippen LogP contribution in [0.3, 0.4) is 0 Å². The minimum Gasteiger partial charge on any atom is -0.292 e. The van der Waals surface area contributed by atoms with E-state index < -0.39 is 11.6 Å². The SMILES string of the molecule is C[C@H]1S[C@H](c2cccnc2)N(c2ccc(F)cc2F)C1=O. The molecule has 1 fully saturated rings. The predicted octanol–water partition coefficient (Wildman–Crippen LogP) is 3.53. The molecule has 0 radical (unpaired) electrons. The summed E-state index contributed by atoms with van der Waals surface area (Å²) in [5.74, 6) is -1.60. The lowest BCUT2D eigenvalue weighted by Gasteiger charge is -2.24. The summed E-state index contributed by atoms with van der Waals surface area (Å²) in [6.45, 7) is 1.78. The molecule has 0 aliphatic carbocycles. The van der Waals surface area contributed by atoms with Crippen LogP contribution in [0.4, 0.5) is 14.5 Å². The van der Waals surface area contributed by atoms with Crippen LogP contribution < -0.4 is 4.90 Å². The molecule has 2 heterocycles. The maximum absolute atomic E-state index is 14.0. The van der Waals surface area contributed by atoms with Crippen LogP contribution in [0.2, 0.25) is 0 Å². The number of hydrogen-bond acceptors (Lipinski definition) is 3. The van der Waals surface area contributed by atoms with Gasteiger partial charge in [0.2, 0.25) is 5.91 Å². The fraction of sp³-hybridized carbons (Fsp3) is 0.200. The van der Waals surface area contributed by atoms with Gasteiger partial charge in [-0.1, -0.05) is 6.07 Å². The summed E-state index contributed by atoms with van der Waals surface area (Å²) >= 11 is 1.42. The lowest BCUT2D eigenvalue weighted by atomic mass is 10.2. The Kier molecular flexibility index (Phi) is 3.63. The molecule has 0 bridgehead atoms. The highest BCUT2D eigenvalue weighted by molar-refractivity contribution is 8.01. The largest absolute Gasteiger partial charge is 0.292 e. The lowest BCUT2D eigenvalue weighted by Crippen LogP contribution is -2.31. The van der Waals surface area contributed by atoms with Crippen LogP contribution in [0.1, 0.15) is 17.9 Å². The molecule has 1 aromatic heterocycles. The molecule has 108 valence electrons. The van der Waals surface area contributed by atoms with E-state index in [1.807, 2.05) is 6.07 Å². The second kappa shape index (κ2) is 5.44. The van der Waals surface area contributed by atoms with Crippen molar-refractivity contribution in [1.29, 1.82) is 0 Å². The van der Waals surface area contributed by atoms with Crippen molar-refractivity contribution in [2.75, 3.05) is 4.90 Å². The van der Waals surface area contributed by atoms with Crippen LogP contribution in [0.5, 0.6) is 0 Å². The number of aromatic nitrogens is 1. The maximum atomic E-state index is 14.0. The van der Waals surface area contributed by atoms with Crippen molar-refractivity contribution in [1.82, 2.24) is 4.98 Å². The van der Waals surface area contributed by atoms with Crippen LogP contribution in [0, 0.1) is 11.6 Å². The number of carbonyl (C=O) groups excluding carboxylic acids is 1. The molecule has 6 heteroatoms. The van der Waals surface area contributed by atoms with Crippen molar-refractivity contribution in [3.05, 3.63) is 59.9 Å². The monoisotopic (exact) mass is 306 g/mol. The fourth-order valence-corrected chi connectivity index (χ4v) is 3.55. The van der Waals surface area contributed by atoms with E-state index in [1.165, 1.54) is 22.7 Å². The molecule has 3 rings (SSSR count). The number of halogens is 2. The van der Waals surface area contributed by atoms with Gasteiger partial charge in [0.25, 0.3) is 0 Å². The smallest absolute Gasteiger partial charge is 0.241 e. The number of pyridine rings is 1. The quantitative estimate of drug-likeness (QED) is 0.851. The van der Waals surface area contributed by atoms with Gasteiger partial charge in [0.05, 0.1) is 10.9 Å². The number of anilines is 1. The van der Waals surface area contributed by atoms with E-state index in [9.17, 15) is 13.6 Å². The minimum absolute atomic E-state index is 0.0899. The Morgan fingerprint density at radius 2 is 2.10 bits per heavy atom. The van der Waals surface area contributed by atoms with E-state index in [4.69, 9.17) is 0 Å². The first-order valence-corrected chi connectivity index (χ1v) is 7.35. The Balaban J connectivity index is 2.06. The van der Waals surface area contributed by atoms with Gasteiger partial charge in [-0.2, -0.15) is 0 Å². The number of amides is 1. The van der Waals surface area contributed by atoms with Gasteiger partial charge in [-0.15, -0.1) is 11.8 Å². The molecular weight excluding hydrogens is 294 g/mol. The summed E-state index contributed by atoms with van der Waals surface area (Å²) in [4.78, 5) is 17.8. The van der Waals surface area contributed by atoms with Crippen LogP contribution in [-0.4, -0.2) is 16.1 Å². The molecule has 0 N–H and O–H groups in total. The van der Waals surface area contributed by atoms with Crippen LogP contribution in [0.15, 0.2) is 42.7 Å². The Labute approximate surface area is 125 Å². The molecule has 0 spiro atoms. The highest BCUT2D eigenvalue weighted by Gasteiger charge is 2.40. The Bertz CT molecular complexity index is 681. The standard InChI is InChI=1S/C15H12F2N2OS/c1-9-14(20)19(13-5-4-11(16)7-12(13)17)15(21-9)10-3-2-6-18-8-10/h2-9,15H,1H3/t9-,15-/m1/s1. The number of nitrogens with zero attached hydrogens (tertiary/aromatic N) is 2. The molecule has 0 saturated carbocycles. The number of hydrogen-bond donors (Lipinski definition) is 0. The predicted molar refractivity (Wildman–Crippen MR) is 77.9 cm³/mol. The molecule has 1 aromatic carbocycles. The third kappa shape index (κ3) is 2.51. The highest BCUT2D eigenvalue weighted by Crippen LogP contribution is 2.45. The van der Waals surface area contributed by atoms with Crippen molar-refractivity contribution in [2.45, 2.75) is 17.5 Å². The van der Waals surface area contributed by atoms with Gasteiger partial charge in [-0.3, -0.25) is 14.7 Å². The zero-order valence-corrected chi connectivity index (χ0v) is 12.0. The zero-order chi connectivity index (χ0) is 15.0. The maximum Gasteiger partial charge on any atom is 0.241 e. The fourth-order valence-electron chi connectivity index (χ4n) is 2.30. The first-order valence-electron chi connectivity index (χ1n) is 6.41. The van der Waals surface area contributed by atoms with Gasteiger partial charge in [0.1, 0.15) is 17.0 Å².